The van der Waals surface area contributed by atoms with Crippen LogP contribution in [0.5, 0.6) is 0 Å². The van der Waals surface area contributed by atoms with Crippen molar-refractivity contribution in [3.05, 3.63) is 70.3 Å². The van der Waals surface area contributed by atoms with Gasteiger partial charge in [0.2, 0.25) is 70.9 Å². The fraction of sp³-hybridized carbons (Fsp3) is 0.671. The van der Waals surface area contributed by atoms with Crippen molar-refractivity contribution < 1.29 is 88.6 Å². The quantitative estimate of drug-likeness (QED) is 0.237. The molecule has 2 aromatic rings. The van der Waals surface area contributed by atoms with Gasteiger partial charge in [-0.1, -0.05) is 64.3 Å². The largest absolute Gasteiger partial charge is 0.416 e. The molecule has 3 heterocycles. The second kappa shape index (κ2) is 35.1. The summed E-state index contributed by atoms with van der Waals surface area (Å²) in [6.45, 7) is 6.44. The highest BCUT2D eigenvalue weighted by molar-refractivity contribution is 6.01. The monoisotopic (exact) mass is 1470 g/mol. The molecule has 3 N–H and O–H groups in total. The molecule has 5 fully saturated rings. The van der Waals surface area contributed by atoms with Crippen LogP contribution in [-0.2, 0) is 87.5 Å². The van der Waals surface area contributed by atoms with Crippen LogP contribution in [0.3, 0.4) is 0 Å². The van der Waals surface area contributed by atoms with Crippen LogP contribution in [0.25, 0.3) is 0 Å². The fourth-order valence-electron chi connectivity index (χ4n) is 15.1. The van der Waals surface area contributed by atoms with E-state index in [9.17, 15) is 55.1 Å². The molecule has 3 aliphatic heterocycles. The Hall–Kier alpha value is -8.38. The van der Waals surface area contributed by atoms with E-state index in [0.717, 1.165) is 54.8 Å². The molecule has 576 valence electrons. The molecule has 2 bridgehead atoms. The first-order chi connectivity index (χ1) is 48.8. The van der Waals surface area contributed by atoms with E-state index in [1.54, 1.807) is 27.7 Å². The van der Waals surface area contributed by atoms with Gasteiger partial charge in [0.15, 0.2) is 0 Å². The maximum Gasteiger partial charge on any atom is 0.416 e. The molecule has 2 aliphatic carbocycles. The Bertz CT molecular complexity index is 3480. The van der Waals surface area contributed by atoms with Gasteiger partial charge in [-0.25, -0.2) is 0 Å². The van der Waals surface area contributed by atoms with Gasteiger partial charge in [-0.05, 0) is 131 Å². The van der Waals surface area contributed by atoms with Crippen LogP contribution in [0, 0.1) is 18.8 Å². The van der Waals surface area contributed by atoms with E-state index < -0.39 is 192 Å². The molecule has 12 amide bonds. The summed E-state index contributed by atoms with van der Waals surface area (Å²) >= 11 is 0. The number of halogens is 6. The summed E-state index contributed by atoms with van der Waals surface area (Å²) < 4.78 is 89.9. The van der Waals surface area contributed by atoms with Gasteiger partial charge in [0, 0.05) is 88.9 Å². The number of hydrogen-bond acceptors (Lipinski definition) is 13. The van der Waals surface area contributed by atoms with Crippen molar-refractivity contribution in [2.45, 2.75) is 216 Å². The molecule has 0 aromatic heterocycles. The van der Waals surface area contributed by atoms with Gasteiger partial charge in [-0.15, -0.1) is 0 Å². The number of alkyl halides is 6. The number of fused-ring (bicyclic) bond motifs is 3. The number of nitrogens with zero attached hydrogens (tertiary/aromatic N) is 9. The summed E-state index contributed by atoms with van der Waals surface area (Å²) in [6.07, 6.45) is -7.71. The average molecular weight is 1470 g/mol. The SMILES string of the molecule is CCO[C@@H]1C[C@H]2C(=O)NC3(CCC3)C(=O)N(C)[C@@H](C3CCCC3)C(=O)N(C)[C@H](C(=O)N(C)C)CC(=O)N(C)[C@@H](CC)C(=O)NC([C@@H](C)CC)C(=O)N(C)CC(=O)N(C)[C@H]3CCCCN(C3=O)[C@@H](Cc3ccc(C(F)(F)F)cc3)C(=O)N(C)CC(=O)N[C@@H](CCc3ccc(C(F)(F)F)c(C)c3)C(=O)N2C1. The smallest absolute Gasteiger partial charge is 0.377 e. The minimum Gasteiger partial charge on any atom is -0.377 e. The third-order valence-corrected chi connectivity index (χ3v) is 21.7. The first kappa shape index (κ1) is 82.9. The molecule has 7 rings (SSSR count). The van der Waals surface area contributed by atoms with Gasteiger partial charge in [-0.2, -0.15) is 26.3 Å². The standard InChI is InChI=1S/C73H104F6N12O13/c1-14-43(4)60-68(101)85(9)42-59(94)87(11)53-24-19-20-35-90(67(53)100)56(37-46-25-29-48(30-26-46)72(74,75)76)66(99)84(8)41-57(92)80-51(32-28-45-27-31-50(44(5)36-45)73(77,78)79)64(97)91-40-49(104-16-3)38-54(91)63(96)82-71(33-21-34-71)70(103)89(13)61(47-22-17-18-23-47)69(102)88(12)55(65(98)83(6)7)39-58(93)86(10)52(15-2)62(95)81-60/h25-27,29-31,36,43,47,49,51-56,60-61H,14-24,28,32-35,37-42H2,1-13H3,(H,80,92)(H,81,95)(H,82,96)/t43-,49+,51-,52-,53-,54-,55-,56-,60?,61-/m0/s1. The number of nitrogens with one attached hydrogen (secondary N) is 3. The fourth-order valence-corrected chi connectivity index (χ4v) is 15.1. The Balaban J connectivity index is 1.32. The van der Waals surface area contributed by atoms with Crippen molar-refractivity contribution in [1.29, 1.82) is 0 Å². The Labute approximate surface area is 604 Å². The molecule has 1 unspecified atom stereocenters. The zero-order chi connectivity index (χ0) is 77.2. The van der Waals surface area contributed by atoms with E-state index in [1.807, 2.05) is 0 Å². The number of benzene rings is 2. The number of likely N-dealkylation sites (N-methyl/N-ethyl adjacent to an activating group) is 7. The van der Waals surface area contributed by atoms with Gasteiger partial charge >= 0.3 is 12.4 Å². The first-order valence-electron chi connectivity index (χ1n) is 36.0. The van der Waals surface area contributed by atoms with E-state index in [0.29, 0.717) is 50.5 Å². The van der Waals surface area contributed by atoms with Crippen molar-refractivity contribution in [3.63, 3.8) is 0 Å². The summed E-state index contributed by atoms with van der Waals surface area (Å²) in [5.41, 5.74) is -3.15. The lowest BCUT2D eigenvalue weighted by molar-refractivity contribution is -0.157. The van der Waals surface area contributed by atoms with Crippen LogP contribution >= 0.6 is 0 Å². The molecular formula is C73H104F6N12O13. The number of rotatable bonds is 12. The molecule has 104 heavy (non-hydrogen) atoms. The van der Waals surface area contributed by atoms with Crippen LogP contribution in [0.1, 0.15) is 152 Å². The zero-order valence-electron chi connectivity index (χ0n) is 62.0. The average Bonchev–Trinajstić information content (AvgIpc) is 0.953. The number of aryl methyl sites for hydroxylation is 2. The highest BCUT2D eigenvalue weighted by Crippen LogP contribution is 2.39. The second-order valence-electron chi connectivity index (χ2n) is 29.0. The number of hydrogen-bond donors (Lipinski definition) is 3. The van der Waals surface area contributed by atoms with Crippen LogP contribution in [-0.4, -0.2) is 264 Å². The van der Waals surface area contributed by atoms with E-state index in [4.69, 9.17) is 4.74 Å². The molecule has 2 aromatic carbocycles. The third-order valence-electron chi connectivity index (χ3n) is 21.7. The molecule has 25 nitrogen and oxygen atoms in total. The van der Waals surface area contributed by atoms with E-state index in [1.165, 1.54) is 95.0 Å². The summed E-state index contributed by atoms with van der Waals surface area (Å²) in [6, 6.07) is -3.69. The summed E-state index contributed by atoms with van der Waals surface area (Å²) in [4.78, 5) is 190. The van der Waals surface area contributed by atoms with Gasteiger partial charge in [0.25, 0.3) is 0 Å². The van der Waals surface area contributed by atoms with Crippen LogP contribution in [0.2, 0.25) is 0 Å². The topological polar surface area (TPSA) is 279 Å². The Kier molecular flexibility index (Phi) is 28.0. The van der Waals surface area contributed by atoms with Crippen molar-refractivity contribution in [2.24, 2.45) is 11.8 Å². The van der Waals surface area contributed by atoms with Crippen molar-refractivity contribution in [3.8, 4) is 0 Å². The molecule has 0 radical (unpaired) electrons. The Morgan fingerprint density at radius 2 is 1.28 bits per heavy atom. The highest BCUT2D eigenvalue weighted by atomic mass is 19.4. The normalized spacial score (nSPS) is 26.3. The van der Waals surface area contributed by atoms with Gasteiger partial charge in [-0.3, -0.25) is 57.5 Å². The van der Waals surface area contributed by atoms with Gasteiger partial charge in [0.1, 0.15) is 53.9 Å². The van der Waals surface area contributed by atoms with Crippen molar-refractivity contribution >= 4 is 70.9 Å². The lowest BCUT2D eigenvalue weighted by Gasteiger charge is -2.46. The highest BCUT2D eigenvalue weighted by Gasteiger charge is 2.54. The molecule has 3 saturated heterocycles. The summed E-state index contributed by atoms with van der Waals surface area (Å²) in [5.74, 6) is -10.2. The zero-order valence-corrected chi connectivity index (χ0v) is 62.0. The molecule has 10 atom stereocenters. The van der Waals surface area contributed by atoms with Gasteiger partial charge in [0.05, 0.1) is 36.7 Å². The Morgan fingerprint density at radius 3 is 1.85 bits per heavy atom. The minimum absolute atomic E-state index is 0.0105. The van der Waals surface area contributed by atoms with E-state index in [2.05, 4.69) is 16.0 Å². The molecule has 1 spiro atoms. The molecule has 2 saturated carbocycles. The lowest BCUT2D eigenvalue weighted by atomic mass is 9.74. The third kappa shape index (κ3) is 19.4. The van der Waals surface area contributed by atoms with Crippen molar-refractivity contribution in [2.75, 3.05) is 89.2 Å². The van der Waals surface area contributed by atoms with Crippen LogP contribution < -0.4 is 16.0 Å². The molecule has 31 heteroatoms. The predicted octanol–water partition coefficient (Wildman–Crippen LogP) is 4.97. The maximum atomic E-state index is 15.5. The number of amides is 12. The minimum atomic E-state index is -4.74. The maximum absolute atomic E-state index is 15.5. The van der Waals surface area contributed by atoms with Crippen molar-refractivity contribution in [1.82, 2.24) is 60.0 Å². The van der Waals surface area contributed by atoms with Crippen LogP contribution in [0.15, 0.2) is 42.5 Å². The molecular weight excluding hydrogens is 1370 g/mol. The first-order valence-corrected chi connectivity index (χ1v) is 36.0. The van der Waals surface area contributed by atoms with E-state index in [-0.39, 0.29) is 82.2 Å². The predicted molar refractivity (Wildman–Crippen MR) is 370 cm³/mol. The molecule has 5 aliphatic rings. The van der Waals surface area contributed by atoms with Crippen LogP contribution in [0.4, 0.5) is 26.3 Å². The summed E-state index contributed by atoms with van der Waals surface area (Å²) in [5, 5.41) is 8.47. The van der Waals surface area contributed by atoms with E-state index >= 15 is 28.8 Å². The Morgan fingerprint density at radius 1 is 0.654 bits per heavy atom. The van der Waals surface area contributed by atoms with Gasteiger partial charge < -0.3 is 64.8 Å². The number of carbonyl (C=O) groups excluding carboxylic acids is 12. The lowest BCUT2D eigenvalue weighted by Crippen LogP contribution is -2.68. The second-order valence-corrected chi connectivity index (χ2v) is 29.0. The summed E-state index contributed by atoms with van der Waals surface area (Å²) in [7, 11) is 10.9. The number of carbonyl (C=O) groups is 12. The number of ether oxygens (including phenoxy) is 1.